The van der Waals surface area contributed by atoms with Gasteiger partial charge in [0.1, 0.15) is 12.3 Å². The molecule has 0 bridgehead atoms. The zero-order valence-corrected chi connectivity index (χ0v) is 15.9. The lowest BCUT2D eigenvalue weighted by Gasteiger charge is -2.20. The van der Waals surface area contributed by atoms with Crippen molar-refractivity contribution < 1.29 is 14.4 Å². The molecule has 2 aromatic rings. The summed E-state index contributed by atoms with van der Waals surface area (Å²) in [4.78, 5) is 37.2. The highest BCUT2D eigenvalue weighted by atomic mass is 16.2. The van der Waals surface area contributed by atoms with Gasteiger partial charge in [0.25, 0.3) is 0 Å². The summed E-state index contributed by atoms with van der Waals surface area (Å²) in [6, 6.07) is 7.36. The summed E-state index contributed by atoms with van der Waals surface area (Å²) in [5.41, 5.74) is 3.08. The van der Waals surface area contributed by atoms with E-state index in [1.54, 1.807) is 0 Å². The number of aryl methyl sites for hydroxylation is 2. The Kier molecular flexibility index (Phi) is 4.58. The number of carbonyl (C=O) groups excluding carboxylic acids is 3. The first-order chi connectivity index (χ1) is 13.5. The van der Waals surface area contributed by atoms with Crippen molar-refractivity contribution >= 4 is 34.6 Å². The lowest BCUT2D eigenvalue weighted by atomic mass is 10.2. The van der Waals surface area contributed by atoms with E-state index in [1.807, 2.05) is 18.2 Å². The average Bonchev–Trinajstić information content (AvgIpc) is 3.23. The van der Waals surface area contributed by atoms with Crippen LogP contribution in [0.1, 0.15) is 25.5 Å². The van der Waals surface area contributed by atoms with Gasteiger partial charge in [-0.2, -0.15) is 0 Å². The highest BCUT2D eigenvalue weighted by molar-refractivity contribution is 5.94. The van der Waals surface area contributed by atoms with Crippen LogP contribution in [0.25, 0.3) is 10.9 Å². The van der Waals surface area contributed by atoms with Crippen molar-refractivity contribution in [2.75, 3.05) is 11.9 Å². The lowest BCUT2D eigenvalue weighted by Crippen LogP contribution is -2.44. The Morgan fingerprint density at radius 2 is 1.96 bits per heavy atom. The zero-order valence-electron chi connectivity index (χ0n) is 15.9. The number of amides is 5. The van der Waals surface area contributed by atoms with E-state index < -0.39 is 12.3 Å². The maximum absolute atomic E-state index is 12.4. The topological polar surface area (TPSA) is 108 Å². The van der Waals surface area contributed by atoms with E-state index in [1.165, 1.54) is 10.6 Å². The molecule has 1 aromatic carbocycles. The lowest BCUT2D eigenvalue weighted by molar-refractivity contribution is -0.116. The molecule has 0 saturated carbocycles. The number of urea groups is 2. The van der Waals surface area contributed by atoms with E-state index in [-0.39, 0.29) is 30.9 Å². The Morgan fingerprint density at radius 3 is 2.75 bits per heavy atom. The smallest absolute Gasteiger partial charge is 0.320 e. The molecule has 28 heavy (non-hydrogen) atoms. The number of aromatic nitrogens is 1. The van der Waals surface area contributed by atoms with E-state index in [2.05, 4.69) is 45.7 Å². The van der Waals surface area contributed by atoms with E-state index in [0.717, 1.165) is 29.6 Å². The van der Waals surface area contributed by atoms with Gasteiger partial charge in [0, 0.05) is 41.8 Å². The molecule has 1 aromatic heterocycles. The molecule has 2 atom stereocenters. The molecular weight excluding hydrogens is 360 g/mol. The second kappa shape index (κ2) is 7.06. The van der Waals surface area contributed by atoms with Crippen molar-refractivity contribution in [3.05, 3.63) is 30.0 Å². The number of rotatable bonds is 6. The zero-order chi connectivity index (χ0) is 19.8. The van der Waals surface area contributed by atoms with Gasteiger partial charge in [-0.25, -0.2) is 9.59 Å². The number of benzene rings is 1. The second-order valence-electron chi connectivity index (χ2n) is 7.19. The molecule has 2 saturated heterocycles. The quantitative estimate of drug-likeness (QED) is 0.609. The molecule has 148 valence electrons. The van der Waals surface area contributed by atoms with Crippen LogP contribution < -0.4 is 21.3 Å². The molecule has 2 aliphatic heterocycles. The molecule has 4 rings (SSSR count). The summed E-state index contributed by atoms with van der Waals surface area (Å²) >= 11 is 0. The molecular formula is C19H24N6O3. The fraction of sp³-hybridized carbons (Fsp3) is 0.421. The van der Waals surface area contributed by atoms with Crippen LogP contribution in [0.3, 0.4) is 0 Å². The van der Waals surface area contributed by atoms with Crippen LogP contribution in [0.5, 0.6) is 0 Å². The minimum atomic E-state index is -0.467. The number of nitrogens with zero attached hydrogens (tertiary/aromatic N) is 2. The molecule has 5 amide bonds. The first-order valence-corrected chi connectivity index (χ1v) is 9.50. The van der Waals surface area contributed by atoms with Gasteiger partial charge >= 0.3 is 12.1 Å². The highest BCUT2D eigenvalue weighted by Gasteiger charge is 2.45. The maximum Gasteiger partial charge on any atom is 0.320 e. The molecule has 0 unspecified atom stereocenters. The number of nitrogens with one attached hydrogen (secondary N) is 4. The summed E-state index contributed by atoms with van der Waals surface area (Å²) < 4.78 is 2.27. The molecule has 4 N–H and O–H groups in total. The van der Waals surface area contributed by atoms with Crippen molar-refractivity contribution in [2.24, 2.45) is 0 Å². The molecule has 2 aliphatic rings. The summed E-state index contributed by atoms with van der Waals surface area (Å²) in [6.45, 7) is 5.41. The molecule has 9 nitrogen and oxygen atoms in total. The van der Waals surface area contributed by atoms with Crippen LogP contribution >= 0.6 is 0 Å². The van der Waals surface area contributed by atoms with Gasteiger partial charge in [0.05, 0.1) is 0 Å². The van der Waals surface area contributed by atoms with Gasteiger partial charge in [-0.3, -0.25) is 9.69 Å². The molecule has 3 heterocycles. The van der Waals surface area contributed by atoms with E-state index in [9.17, 15) is 14.4 Å². The van der Waals surface area contributed by atoms with Gasteiger partial charge in [-0.1, -0.05) is 6.92 Å². The summed E-state index contributed by atoms with van der Waals surface area (Å²) in [6.07, 6.45) is 0.275. The largest absolute Gasteiger partial charge is 0.345 e. The van der Waals surface area contributed by atoms with Crippen LogP contribution in [0.15, 0.2) is 24.3 Å². The van der Waals surface area contributed by atoms with Crippen LogP contribution in [0.4, 0.5) is 15.3 Å². The first kappa shape index (κ1) is 18.1. The van der Waals surface area contributed by atoms with Crippen LogP contribution in [0, 0.1) is 6.92 Å². The Labute approximate surface area is 162 Å². The van der Waals surface area contributed by atoms with Gasteiger partial charge in [0.2, 0.25) is 5.91 Å². The third kappa shape index (κ3) is 3.23. The SMILES string of the molecule is CCCn1c(C)cc2cc(NC(=O)CCN3C(=O)N[C@H]4NC(=O)N[C@H]43)ccc21. The summed E-state index contributed by atoms with van der Waals surface area (Å²) in [5, 5.41) is 11.9. The van der Waals surface area contributed by atoms with E-state index >= 15 is 0 Å². The highest BCUT2D eigenvalue weighted by Crippen LogP contribution is 2.24. The summed E-state index contributed by atoms with van der Waals surface area (Å²) in [7, 11) is 0. The van der Waals surface area contributed by atoms with Gasteiger partial charge in [0.15, 0.2) is 0 Å². The number of hydrogen-bond acceptors (Lipinski definition) is 3. The second-order valence-corrected chi connectivity index (χ2v) is 7.19. The first-order valence-electron chi connectivity index (χ1n) is 9.50. The van der Waals surface area contributed by atoms with E-state index in [0.29, 0.717) is 0 Å². The average molecular weight is 384 g/mol. The Balaban J connectivity index is 1.38. The minimum absolute atomic E-state index is 0.139. The van der Waals surface area contributed by atoms with Crippen LogP contribution in [-0.2, 0) is 11.3 Å². The third-order valence-electron chi connectivity index (χ3n) is 5.18. The molecule has 9 heteroatoms. The molecule has 0 aliphatic carbocycles. The fourth-order valence-corrected chi connectivity index (χ4v) is 3.89. The number of anilines is 1. The molecule has 2 fully saturated rings. The standard InChI is InChI=1S/C19H24N6O3/c1-3-7-24-11(2)9-12-10-13(4-5-14(12)24)20-15(26)6-8-25-17-16(22-19(25)28)21-18(27)23-17/h4-5,9-10,16-17H,3,6-8H2,1-2H3,(H,20,26)(H,22,28)(H2,21,23,27)/t16-,17+/m1/s1. The monoisotopic (exact) mass is 384 g/mol. The third-order valence-corrected chi connectivity index (χ3v) is 5.18. The Hall–Kier alpha value is -3.23. The minimum Gasteiger partial charge on any atom is -0.345 e. The number of fused-ring (bicyclic) bond motifs is 2. The van der Waals surface area contributed by atoms with Crippen molar-refractivity contribution in [1.29, 1.82) is 0 Å². The molecule has 0 spiro atoms. The van der Waals surface area contributed by atoms with Crippen molar-refractivity contribution in [3.8, 4) is 0 Å². The summed E-state index contributed by atoms with van der Waals surface area (Å²) in [5.74, 6) is -0.183. The van der Waals surface area contributed by atoms with Crippen LogP contribution in [0.2, 0.25) is 0 Å². The predicted octanol–water partition coefficient (Wildman–Crippen LogP) is 1.68. The predicted molar refractivity (Wildman–Crippen MR) is 105 cm³/mol. The Morgan fingerprint density at radius 1 is 1.14 bits per heavy atom. The normalized spacial score (nSPS) is 20.7. The Bertz CT molecular complexity index is 953. The maximum atomic E-state index is 12.4. The number of hydrogen-bond donors (Lipinski definition) is 4. The van der Waals surface area contributed by atoms with Gasteiger partial charge in [-0.15, -0.1) is 0 Å². The van der Waals surface area contributed by atoms with Crippen molar-refractivity contribution in [3.63, 3.8) is 0 Å². The van der Waals surface area contributed by atoms with Crippen LogP contribution in [-0.4, -0.2) is 46.3 Å². The van der Waals surface area contributed by atoms with Gasteiger partial charge < -0.3 is 25.8 Å². The van der Waals surface area contributed by atoms with Gasteiger partial charge in [-0.05, 0) is 37.6 Å². The number of carbonyl (C=O) groups is 3. The van der Waals surface area contributed by atoms with E-state index in [4.69, 9.17) is 0 Å². The van der Waals surface area contributed by atoms with Crippen molar-refractivity contribution in [2.45, 2.75) is 45.6 Å². The molecule has 0 radical (unpaired) electrons. The van der Waals surface area contributed by atoms with Crippen molar-refractivity contribution in [1.82, 2.24) is 25.4 Å². The fourth-order valence-electron chi connectivity index (χ4n) is 3.89.